The summed E-state index contributed by atoms with van der Waals surface area (Å²) in [7, 11) is 0. The number of cyclic esters (lactones) is 1. The fourth-order valence-electron chi connectivity index (χ4n) is 3.50. The Kier molecular flexibility index (Phi) is 5.13. The van der Waals surface area contributed by atoms with Crippen LogP contribution >= 0.6 is 23.2 Å². The minimum atomic E-state index is -0.335. The number of aromatic nitrogens is 3. The molecule has 31 heavy (non-hydrogen) atoms. The Bertz CT molecular complexity index is 1290. The van der Waals surface area contributed by atoms with Crippen molar-refractivity contribution in [2.75, 3.05) is 23.4 Å². The quantitative estimate of drug-likeness (QED) is 0.445. The number of carbonyl (C=O) groups excluding carboxylic acids is 1. The number of benzene rings is 2. The summed E-state index contributed by atoms with van der Waals surface area (Å²) in [5, 5.41) is 8.93. The highest BCUT2D eigenvalue weighted by Gasteiger charge is 2.23. The number of hydrogen-bond donors (Lipinski definition) is 1. The molecule has 1 amide bonds. The van der Waals surface area contributed by atoms with Crippen molar-refractivity contribution >= 4 is 46.4 Å². The maximum absolute atomic E-state index is 11.9. The van der Waals surface area contributed by atoms with Gasteiger partial charge in [0, 0.05) is 40.0 Å². The molecule has 9 heteroatoms. The van der Waals surface area contributed by atoms with Crippen molar-refractivity contribution in [1.29, 1.82) is 0 Å². The van der Waals surface area contributed by atoms with Gasteiger partial charge in [-0.1, -0.05) is 41.4 Å². The van der Waals surface area contributed by atoms with Crippen molar-refractivity contribution in [2.24, 2.45) is 0 Å². The average molecular weight is 454 g/mol. The average Bonchev–Trinajstić information content (AvgIpc) is 3.42. The number of nitrogens with one attached hydrogen (secondary N) is 1. The Balaban J connectivity index is 1.49. The summed E-state index contributed by atoms with van der Waals surface area (Å²) < 4.78 is 6.78. The second-order valence-corrected chi connectivity index (χ2v) is 7.88. The zero-order chi connectivity index (χ0) is 21.4. The van der Waals surface area contributed by atoms with Crippen molar-refractivity contribution in [3.05, 3.63) is 76.4 Å². The minimum Gasteiger partial charge on any atom is -0.447 e. The second-order valence-electron chi connectivity index (χ2n) is 7.03. The van der Waals surface area contributed by atoms with Gasteiger partial charge in [-0.15, -0.1) is 0 Å². The number of hydrogen-bond acceptors (Lipinski definition) is 5. The summed E-state index contributed by atoms with van der Waals surface area (Å²) in [4.78, 5) is 18.3. The van der Waals surface area contributed by atoms with Gasteiger partial charge in [0.2, 0.25) is 0 Å². The van der Waals surface area contributed by atoms with Gasteiger partial charge in [-0.25, -0.2) is 9.78 Å². The molecule has 0 spiro atoms. The maximum Gasteiger partial charge on any atom is 0.414 e. The SMILES string of the molecule is O=C1OCCN1c1cccc(-c2cc(NCc3ccc(Cl)cc3Cl)n3nccc3n2)c1. The standard InChI is InChI=1S/C22H17Cl2N5O2/c23-16-5-4-15(18(24)11-16)13-25-21-12-19(27-20-6-7-26-29(20)21)14-2-1-3-17(10-14)28-8-9-31-22(28)30/h1-7,10-12,25H,8-9,13H2. The molecule has 2 aromatic heterocycles. The third-order valence-electron chi connectivity index (χ3n) is 5.05. The van der Waals surface area contributed by atoms with E-state index in [1.807, 2.05) is 42.5 Å². The Labute approximate surface area is 188 Å². The van der Waals surface area contributed by atoms with E-state index in [4.69, 9.17) is 32.9 Å². The number of nitrogens with zero attached hydrogens (tertiary/aromatic N) is 4. The van der Waals surface area contributed by atoms with Crippen LogP contribution in [0.15, 0.2) is 60.8 Å². The lowest BCUT2D eigenvalue weighted by Crippen LogP contribution is -2.23. The summed E-state index contributed by atoms with van der Waals surface area (Å²) in [6.45, 7) is 1.42. The van der Waals surface area contributed by atoms with Crippen LogP contribution in [0.2, 0.25) is 10.0 Å². The topological polar surface area (TPSA) is 71.8 Å². The number of halogens is 2. The van der Waals surface area contributed by atoms with Gasteiger partial charge in [-0.3, -0.25) is 4.90 Å². The van der Waals surface area contributed by atoms with Crippen LogP contribution in [0.25, 0.3) is 16.9 Å². The predicted molar refractivity (Wildman–Crippen MR) is 121 cm³/mol. The first-order chi connectivity index (χ1) is 15.1. The smallest absolute Gasteiger partial charge is 0.414 e. The molecule has 0 bridgehead atoms. The largest absolute Gasteiger partial charge is 0.447 e. The molecular weight excluding hydrogens is 437 g/mol. The third-order valence-corrected chi connectivity index (χ3v) is 5.64. The van der Waals surface area contributed by atoms with Gasteiger partial charge in [-0.2, -0.15) is 9.61 Å². The second kappa shape index (κ2) is 8.09. The normalized spacial score (nSPS) is 13.6. The third kappa shape index (κ3) is 3.89. The van der Waals surface area contributed by atoms with E-state index in [0.717, 1.165) is 28.3 Å². The molecule has 1 aliphatic heterocycles. The molecule has 4 aromatic rings. The first kappa shape index (κ1) is 19.7. The highest BCUT2D eigenvalue weighted by Crippen LogP contribution is 2.28. The van der Waals surface area contributed by atoms with Crippen molar-refractivity contribution < 1.29 is 9.53 Å². The van der Waals surface area contributed by atoms with Crippen molar-refractivity contribution in [2.45, 2.75) is 6.54 Å². The molecule has 2 aromatic carbocycles. The fourth-order valence-corrected chi connectivity index (χ4v) is 3.97. The van der Waals surface area contributed by atoms with Gasteiger partial charge in [0.25, 0.3) is 0 Å². The molecule has 0 radical (unpaired) electrons. The van der Waals surface area contributed by atoms with E-state index >= 15 is 0 Å². The van der Waals surface area contributed by atoms with Crippen LogP contribution in [-0.4, -0.2) is 33.8 Å². The molecule has 0 unspecified atom stereocenters. The van der Waals surface area contributed by atoms with Gasteiger partial charge >= 0.3 is 6.09 Å². The molecule has 1 fully saturated rings. The molecule has 0 aliphatic carbocycles. The molecule has 5 rings (SSSR count). The lowest BCUT2D eigenvalue weighted by molar-refractivity contribution is 0.181. The van der Waals surface area contributed by atoms with Crippen LogP contribution < -0.4 is 10.2 Å². The Morgan fingerprint density at radius 2 is 2.00 bits per heavy atom. The number of anilines is 2. The molecule has 0 saturated carbocycles. The van der Waals surface area contributed by atoms with Crippen LogP contribution in [0.4, 0.5) is 16.3 Å². The summed E-state index contributed by atoms with van der Waals surface area (Å²) in [6.07, 6.45) is 1.36. The maximum atomic E-state index is 11.9. The van der Waals surface area contributed by atoms with Crippen LogP contribution in [0.1, 0.15) is 5.56 Å². The number of ether oxygens (including phenoxy) is 1. The summed E-state index contributed by atoms with van der Waals surface area (Å²) in [5.41, 5.74) is 4.03. The fraction of sp³-hybridized carbons (Fsp3) is 0.136. The van der Waals surface area contributed by atoms with Gasteiger partial charge in [0.1, 0.15) is 12.4 Å². The number of carbonyl (C=O) groups is 1. The highest BCUT2D eigenvalue weighted by molar-refractivity contribution is 6.35. The van der Waals surface area contributed by atoms with Crippen molar-refractivity contribution in [3.63, 3.8) is 0 Å². The Hall–Kier alpha value is -3.29. The zero-order valence-electron chi connectivity index (χ0n) is 16.3. The van der Waals surface area contributed by atoms with Gasteiger partial charge in [0.05, 0.1) is 18.4 Å². The highest BCUT2D eigenvalue weighted by atomic mass is 35.5. The van der Waals surface area contributed by atoms with Crippen LogP contribution in [0.3, 0.4) is 0 Å². The first-order valence-electron chi connectivity index (χ1n) is 9.66. The molecule has 1 saturated heterocycles. The molecule has 1 N–H and O–H groups in total. The van der Waals surface area contributed by atoms with E-state index in [9.17, 15) is 4.79 Å². The zero-order valence-corrected chi connectivity index (χ0v) is 17.8. The van der Waals surface area contributed by atoms with E-state index in [-0.39, 0.29) is 6.09 Å². The summed E-state index contributed by atoms with van der Waals surface area (Å²) >= 11 is 12.3. The summed E-state index contributed by atoms with van der Waals surface area (Å²) in [6, 6.07) is 16.8. The molecule has 0 atom stereocenters. The van der Waals surface area contributed by atoms with Crippen LogP contribution in [0.5, 0.6) is 0 Å². The van der Waals surface area contributed by atoms with Crippen LogP contribution in [-0.2, 0) is 11.3 Å². The Morgan fingerprint density at radius 3 is 2.81 bits per heavy atom. The molecule has 3 heterocycles. The molecule has 1 aliphatic rings. The van der Waals surface area contributed by atoms with Crippen molar-refractivity contribution in [3.8, 4) is 11.3 Å². The van der Waals surface area contributed by atoms with E-state index in [1.165, 1.54) is 0 Å². The van der Waals surface area contributed by atoms with Gasteiger partial charge in [-0.05, 0) is 29.8 Å². The van der Waals surface area contributed by atoms with Gasteiger partial charge < -0.3 is 10.1 Å². The molecular formula is C22H17Cl2N5O2. The number of amides is 1. The minimum absolute atomic E-state index is 0.335. The molecule has 156 valence electrons. The number of fused-ring (bicyclic) bond motifs is 1. The lowest BCUT2D eigenvalue weighted by atomic mass is 10.1. The monoisotopic (exact) mass is 453 g/mol. The predicted octanol–water partition coefficient (Wildman–Crippen LogP) is 5.27. The molecule has 7 nitrogen and oxygen atoms in total. The van der Waals surface area contributed by atoms with E-state index in [1.54, 1.807) is 27.7 Å². The lowest BCUT2D eigenvalue weighted by Gasteiger charge is -2.15. The summed E-state index contributed by atoms with van der Waals surface area (Å²) in [5.74, 6) is 0.766. The Morgan fingerprint density at radius 1 is 1.10 bits per heavy atom. The van der Waals surface area contributed by atoms with E-state index in [0.29, 0.717) is 35.4 Å². The van der Waals surface area contributed by atoms with Gasteiger partial charge in [0.15, 0.2) is 5.65 Å². The van der Waals surface area contributed by atoms with E-state index < -0.39 is 0 Å². The van der Waals surface area contributed by atoms with E-state index in [2.05, 4.69) is 10.4 Å². The van der Waals surface area contributed by atoms with Crippen LogP contribution in [0, 0.1) is 0 Å². The first-order valence-corrected chi connectivity index (χ1v) is 10.4. The number of rotatable bonds is 5. The van der Waals surface area contributed by atoms with Crippen molar-refractivity contribution in [1.82, 2.24) is 14.6 Å².